The molecule has 20 heavy (non-hydrogen) atoms. The van der Waals surface area contributed by atoms with E-state index in [-0.39, 0.29) is 24.4 Å². The van der Waals surface area contributed by atoms with Gasteiger partial charge in [-0.3, -0.25) is 4.79 Å². The topological polar surface area (TPSA) is 70.6 Å². The van der Waals surface area contributed by atoms with Crippen LogP contribution < -0.4 is 15.4 Å². The van der Waals surface area contributed by atoms with Crippen LogP contribution in [-0.2, 0) is 4.79 Å². The van der Waals surface area contributed by atoms with Gasteiger partial charge in [-0.05, 0) is 30.7 Å². The molecular weight excluding hydrogens is 348 g/mol. The van der Waals surface area contributed by atoms with Crippen LogP contribution in [0.1, 0.15) is 6.42 Å². The highest BCUT2D eigenvalue weighted by Crippen LogP contribution is 2.15. The van der Waals surface area contributed by atoms with E-state index in [1.54, 1.807) is 0 Å². The van der Waals surface area contributed by atoms with Crippen molar-refractivity contribution in [2.45, 2.75) is 18.6 Å². The molecule has 0 bridgehead atoms. The summed E-state index contributed by atoms with van der Waals surface area (Å²) in [6.45, 7) is 1.35. The summed E-state index contributed by atoms with van der Waals surface area (Å²) < 4.78 is 6.49. The Balaban J connectivity index is 0.00000200. The summed E-state index contributed by atoms with van der Waals surface area (Å²) in [6.07, 6.45) is 0.0501. The Morgan fingerprint density at radius 3 is 2.75 bits per heavy atom. The van der Waals surface area contributed by atoms with Gasteiger partial charge in [-0.15, -0.1) is 12.4 Å². The molecule has 2 atom stereocenters. The van der Waals surface area contributed by atoms with Crippen LogP contribution in [0.15, 0.2) is 28.7 Å². The third-order valence-electron chi connectivity index (χ3n) is 2.91. The Hall–Kier alpha value is -0.820. The van der Waals surface area contributed by atoms with Gasteiger partial charge < -0.3 is 20.5 Å². The maximum atomic E-state index is 11.7. The molecule has 0 aliphatic carbocycles. The molecule has 0 spiro atoms. The van der Waals surface area contributed by atoms with Gasteiger partial charge in [0.05, 0.1) is 18.7 Å². The van der Waals surface area contributed by atoms with Gasteiger partial charge >= 0.3 is 0 Å². The quantitative estimate of drug-likeness (QED) is 0.683. The maximum absolute atomic E-state index is 11.7. The summed E-state index contributed by atoms with van der Waals surface area (Å²) in [7, 11) is 0. The van der Waals surface area contributed by atoms with Crippen LogP contribution in [-0.4, -0.2) is 42.9 Å². The van der Waals surface area contributed by atoms with E-state index in [0.29, 0.717) is 26.1 Å². The van der Waals surface area contributed by atoms with Crippen LogP contribution >= 0.6 is 28.3 Å². The van der Waals surface area contributed by atoms with Crippen LogP contribution in [0.3, 0.4) is 0 Å². The summed E-state index contributed by atoms with van der Waals surface area (Å²) in [6, 6.07) is 7.24. The van der Waals surface area contributed by atoms with Gasteiger partial charge in [0.1, 0.15) is 12.4 Å². The van der Waals surface area contributed by atoms with Crippen LogP contribution in [0, 0.1) is 0 Å². The summed E-state index contributed by atoms with van der Waals surface area (Å²) in [4.78, 5) is 11.7. The number of carbonyl (C=O) groups excluding carboxylic acids is 1. The largest absolute Gasteiger partial charge is 0.492 e. The first-order chi connectivity index (χ1) is 9.15. The van der Waals surface area contributed by atoms with Crippen molar-refractivity contribution in [2.24, 2.45) is 0 Å². The smallest absolute Gasteiger partial charge is 0.237 e. The average Bonchev–Trinajstić information content (AvgIpc) is 2.83. The molecule has 1 aromatic carbocycles. The molecule has 2 unspecified atom stereocenters. The Labute approximate surface area is 132 Å². The zero-order valence-corrected chi connectivity index (χ0v) is 13.2. The molecule has 7 heteroatoms. The van der Waals surface area contributed by atoms with Crippen LogP contribution in [0.5, 0.6) is 5.75 Å². The number of aliphatic hydroxyl groups is 1. The fraction of sp³-hybridized carbons (Fsp3) is 0.462. The van der Waals surface area contributed by atoms with Gasteiger partial charge in [-0.1, -0.05) is 15.9 Å². The number of nitrogens with one attached hydrogen (secondary N) is 2. The second kappa shape index (κ2) is 8.46. The zero-order valence-electron chi connectivity index (χ0n) is 10.8. The minimum absolute atomic E-state index is 0. The third-order valence-corrected chi connectivity index (χ3v) is 3.44. The summed E-state index contributed by atoms with van der Waals surface area (Å²) in [5.41, 5.74) is 0. The molecule has 3 N–H and O–H groups in total. The highest BCUT2D eigenvalue weighted by Gasteiger charge is 2.27. The number of carbonyl (C=O) groups is 1. The first kappa shape index (κ1) is 17.2. The molecule has 1 saturated heterocycles. The molecule has 112 valence electrons. The molecule has 5 nitrogen and oxygen atoms in total. The van der Waals surface area contributed by atoms with Crippen LogP contribution in [0.4, 0.5) is 0 Å². The number of rotatable bonds is 5. The second-order valence-corrected chi connectivity index (χ2v) is 5.36. The number of aliphatic hydroxyl groups excluding tert-OH is 1. The molecule has 0 radical (unpaired) electrons. The molecule has 2 rings (SSSR count). The number of hydrogen-bond acceptors (Lipinski definition) is 4. The van der Waals surface area contributed by atoms with Crippen molar-refractivity contribution in [3.63, 3.8) is 0 Å². The first-order valence-corrected chi connectivity index (χ1v) is 7.02. The second-order valence-electron chi connectivity index (χ2n) is 4.44. The third kappa shape index (κ3) is 5.28. The molecule has 1 aliphatic rings. The van der Waals surface area contributed by atoms with E-state index in [1.807, 2.05) is 24.3 Å². The Morgan fingerprint density at radius 2 is 2.15 bits per heavy atom. The molecule has 0 saturated carbocycles. The van der Waals surface area contributed by atoms with Crippen molar-refractivity contribution in [1.82, 2.24) is 10.6 Å². The number of hydrogen-bond donors (Lipinski definition) is 3. The fourth-order valence-electron chi connectivity index (χ4n) is 1.91. The van der Waals surface area contributed by atoms with Gasteiger partial charge in [0.2, 0.25) is 5.91 Å². The highest BCUT2D eigenvalue weighted by atomic mass is 79.9. The first-order valence-electron chi connectivity index (χ1n) is 6.22. The summed E-state index contributed by atoms with van der Waals surface area (Å²) >= 11 is 3.35. The van der Waals surface area contributed by atoms with Crippen molar-refractivity contribution in [3.05, 3.63) is 28.7 Å². The minimum Gasteiger partial charge on any atom is -0.492 e. The van der Waals surface area contributed by atoms with E-state index in [0.717, 1.165) is 10.2 Å². The number of benzene rings is 1. The SMILES string of the molecule is Cl.O=C(NCCOc1ccc(Br)cc1)C1CC(O)CN1. The molecule has 0 aromatic heterocycles. The molecule has 1 aliphatic heterocycles. The normalized spacial score (nSPS) is 21.1. The Kier molecular flexibility index (Phi) is 7.29. The molecule has 1 amide bonds. The lowest BCUT2D eigenvalue weighted by Crippen LogP contribution is -2.41. The van der Waals surface area contributed by atoms with E-state index < -0.39 is 6.10 Å². The minimum atomic E-state index is -0.422. The van der Waals surface area contributed by atoms with Crippen molar-refractivity contribution in [3.8, 4) is 5.75 Å². The predicted octanol–water partition coefficient (Wildman–Crippen LogP) is 1.09. The van der Waals surface area contributed by atoms with E-state index in [2.05, 4.69) is 26.6 Å². The zero-order chi connectivity index (χ0) is 13.7. The standard InChI is InChI=1S/C13H17BrN2O3.ClH/c14-9-1-3-11(4-2-9)19-6-5-15-13(18)12-7-10(17)8-16-12;/h1-4,10,12,16-17H,5-8H2,(H,15,18);1H. The molecule has 1 fully saturated rings. The summed E-state index contributed by atoms with van der Waals surface area (Å²) in [5, 5.41) is 15.1. The molecular formula is C13H18BrClN2O3. The number of ether oxygens (including phenoxy) is 1. The number of halogens is 2. The lowest BCUT2D eigenvalue weighted by Gasteiger charge is -2.11. The highest BCUT2D eigenvalue weighted by molar-refractivity contribution is 9.10. The van der Waals surface area contributed by atoms with Gasteiger partial charge in [0.25, 0.3) is 0 Å². The van der Waals surface area contributed by atoms with Gasteiger partial charge in [0, 0.05) is 11.0 Å². The monoisotopic (exact) mass is 364 g/mol. The van der Waals surface area contributed by atoms with Crippen molar-refractivity contribution in [1.29, 1.82) is 0 Å². The van der Waals surface area contributed by atoms with Gasteiger partial charge in [-0.25, -0.2) is 0 Å². The molecule has 1 aromatic rings. The van der Waals surface area contributed by atoms with E-state index in [1.165, 1.54) is 0 Å². The van der Waals surface area contributed by atoms with Crippen LogP contribution in [0.25, 0.3) is 0 Å². The lowest BCUT2D eigenvalue weighted by atomic mass is 10.2. The molecule has 1 heterocycles. The van der Waals surface area contributed by atoms with E-state index in [9.17, 15) is 9.90 Å². The van der Waals surface area contributed by atoms with Crippen LogP contribution in [0.2, 0.25) is 0 Å². The Bertz CT molecular complexity index is 430. The van der Waals surface area contributed by atoms with E-state index in [4.69, 9.17) is 4.74 Å². The fourth-order valence-corrected chi connectivity index (χ4v) is 2.18. The average molecular weight is 366 g/mol. The van der Waals surface area contributed by atoms with Crippen molar-refractivity contribution in [2.75, 3.05) is 19.7 Å². The van der Waals surface area contributed by atoms with E-state index >= 15 is 0 Å². The van der Waals surface area contributed by atoms with Crippen molar-refractivity contribution >= 4 is 34.2 Å². The Morgan fingerprint density at radius 1 is 1.45 bits per heavy atom. The number of amides is 1. The van der Waals surface area contributed by atoms with Gasteiger partial charge in [0.15, 0.2) is 0 Å². The predicted molar refractivity (Wildman–Crippen MR) is 82.3 cm³/mol. The maximum Gasteiger partial charge on any atom is 0.237 e. The summed E-state index contributed by atoms with van der Waals surface area (Å²) in [5.74, 6) is 0.683. The van der Waals surface area contributed by atoms with Crippen molar-refractivity contribution < 1.29 is 14.6 Å². The lowest BCUT2D eigenvalue weighted by molar-refractivity contribution is -0.123. The van der Waals surface area contributed by atoms with Gasteiger partial charge in [-0.2, -0.15) is 0 Å². The number of β-amino-alcohol motifs (C(OH)–C–C–N with tert-alkyl or cyclic N) is 1.